The van der Waals surface area contributed by atoms with Gasteiger partial charge in [0.15, 0.2) is 17.2 Å². The average molecular weight is 363 g/mol. The van der Waals surface area contributed by atoms with Crippen molar-refractivity contribution in [3.8, 4) is 5.75 Å². The summed E-state index contributed by atoms with van der Waals surface area (Å²) in [7, 11) is 0. The summed E-state index contributed by atoms with van der Waals surface area (Å²) in [4.78, 5) is 14.2. The number of aromatic nitrogens is 2. The summed E-state index contributed by atoms with van der Waals surface area (Å²) < 4.78 is 9.81. The summed E-state index contributed by atoms with van der Waals surface area (Å²) in [6.45, 7) is 8.79. The monoisotopic (exact) mass is 363 g/mol. The van der Waals surface area contributed by atoms with Gasteiger partial charge in [-0.3, -0.25) is 0 Å². The van der Waals surface area contributed by atoms with Crippen molar-refractivity contribution in [2.45, 2.75) is 46.2 Å². The van der Waals surface area contributed by atoms with Crippen molar-refractivity contribution in [3.05, 3.63) is 41.5 Å². The first-order valence-electron chi connectivity index (χ1n) is 9.48. The number of fused-ring (bicyclic) bond motifs is 2. The van der Waals surface area contributed by atoms with Crippen LogP contribution in [0.25, 0.3) is 5.65 Å². The van der Waals surface area contributed by atoms with E-state index in [9.17, 15) is 0 Å². The smallest absolute Gasteiger partial charge is 0.317 e. The van der Waals surface area contributed by atoms with Gasteiger partial charge in [-0.2, -0.15) is 0 Å². The van der Waals surface area contributed by atoms with Crippen molar-refractivity contribution in [1.29, 1.82) is 0 Å². The van der Waals surface area contributed by atoms with E-state index < -0.39 is 0 Å². The van der Waals surface area contributed by atoms with Crippen LogP contribution in [0.5, 0.6) is 5.75 Å². The number of pyridine rings is 1. The SMILES string of the molecule is CCOc1cccn2c(C)c(C3CC3C3=NC4C(C)=CN=C(C)[N+]4=N3)nc12. The number of nitrogens with zero attached hydrogens (tertiary/aromatic N) is 6. The number of rotatable bonds is 4. The molecule has 1 fully saturated rings. The second kappa shape index (κ2) is 5.84. The van der Waals surface area contributed by atoms with Crippen molar-refractivity contribution in [3.63, 3.8) is 0 Å². The van der Waals surface area contributed by atoms with Crippen LogP contribution >= 0.6 is 0 Å². The van der Waals surface area contributed by atoms with Crippen LogP contribution < -0.4 is 4.74 Å². The predicted molar refractivity (Wildman–Crippen MR) is 103 cm³/mol. The first-order valence-corrected chi connectivity index (χ1v) is 9.48. The van der Waals surface area contributed by atoms with E-state index in [-0.39, 0.29) is 6.17 Å². The molecule has 1 aliphatic carbocycles. The highest BCUT2D eigenvalue weighted by Crippen LogP contribution is 2.50. The van der Waals surface area contributed by atoms with E-state index in [0.717, 1.165) is 40.8 Å². The first-order chi connectivity index (χ1) is 13.1. The molecule has 2 aromatic rings. The quantitative estimate of drug-likeness (QED) is 0.778. The zero-order valence-electron chi connectivity index (χ0n) is 16.0. The van der Waals surface area contributed by atoms with Gasteiger partial charge in [-0.15, -0.1) is 4.70 Å². The van der Waals surface area contributed by atoms with E-state index in [1.165, 1.54) is 5.69 Å². The molecule has 3 atom stereocenters. The number of aryl methyl sites for hydroxylation is 1. The Morgan fingerprint density at radius 1 is 1.26 bits per heavy atom. The summed E-state index contributed by atoms with van der Waals surface area (Å²) in [6, 6.07) is 3.98. The normalized spacial score (nSPS) is 26.3. The summed E-state index contributed by atoms with van der Waals surface area (Å²) in [5.74, 6) is 3.35. The third kappa shape index (κ3) is 2.44. The fourth-order valence-corrected chi connectivity index (χ4v) is 3.99. The molecule has 0 amide bonds. The second-order valence-electron chi connectivity index (χ2n) is 7.39. The van der Waals surface area contributed by atoms with Crippen LogP contribution in [-0.4, -0.2) is 38.5 Å². The minimum Gasteiger partial charge on any atom is -0.490 e. The molecule has 4 heterocycles. The van der Waals surface area contributed by atoms with Crippen LogP contribution in [0.2, 0.25) is 0 Å². The average Bonchev–Trinajstić information content (AvgIpc) is 3.18. The fourth-order valence-electron chi connectivity index (χ4n) is 3.99. The van der Waals surface area contributed by atoms with Gasteiger partial charge in [-0.1, -0.05) is 10.1 Å². The predicted octanol–water partition coefficient (Wildman–Crippen LogP) is 3.68. The highest BCUT2D eigenvalue weighted by atomic mass is 16.5. The maximum atomic E-state index is 5.75. The molecule has 1 saturated carbocycles. The van der Waals surface area contributed by atoms with Gasteiger partial charge in [0.1, 0.15) is 6.20 Å². The Balaban J connectivity index is 1.47. The van der Waals surface area contributed by atoms with Crippen molar-refractivity contribution in [1.82, 2.24) is 9.38 Å². The van der Waals surface area contributed by atoms with Crippen molar-refractivity contribution < 1.29 is 9.43 Å². The first kappa shape index (κ1) is 16.4. The summed E-state index contributed by atoms with van der Waals surface area (Å²) >= 11 is 0. The molecule has 2 aromatic heterocycles. The van der Waals surface area contributed by atoms with Crippen LogP contribution in [0, 0.1) is 12.8 Å². The van der Waals surface area contributed by atoms with Crippen LogP contribution in [-0.2, 0) is 0 Å². The minimum atomic E-state index is -0.0227. The summed E-state index contributed by atoms with van der Waals surface area (Å²) in [6.07, 6.45) is 4.96. The second-order valence-corrected chi connectivity index (χ2v) is 7.39. The molecule has 0 saturated heterocycles. The maximum absolute atomic E-state index is 5.75. The highest BCUT2D eigenvalue weighted by molar-refractivity contribution is 5.90. The number of amidine groups is 2. The fraction of sp³-hybridized carbons (Fsp3) is 0.450. The van der Waals surface area contributed by atoms with Crippen molar-refractivity contribution in [2.75, 3.05) is 6.61 Å². The third-order valence-corrected chi connectivity index (χ3v) is 5.55. The van der Waals surface area contributed by atoms with E-state index in [1.807, 2.05) is 43.1 Å². The Labute approximate surface area is 157 Å². The molecule has 7 nitrogen and oxygen atoms in total. The Bertz CT molecular complexity index is 1070. The molecule has 7 heteroatoms. The van der Waals surface area contributed by atoms with Crippen LogP contribution in [0.4, 0.5) is 0 Å². The number of aliphatic imine (C=N–C) groups is 2. The molecule has 2 aliphatic heterocycles. The lowest BCUT2D eigenvalue weighted by Gasteiger charge is -2.08. The van der Waals surface area contributed by atoms with Gasteiger partial charge < -0.3 is 9.14 Å². The molecule has 0 spiro atoms. The van der Waals surface area contributed by atoms with Gasteiger partial charge in [-0.05, 0) is 39.3 Å². The Morgan fingerprint density at radius 3 is 2.89 bits per heavy atom. The third-order valence-electron chi connectivity index (χ3n) is 5.55. The lowest BCUT2D eigenvalue weighted by molar-refractivity contribution is -0.500. The molecule has 0 aromatic carbocycles. The maximum Gasteiger partial charge on any atom is 0.317 e. The van der Waals surface area contributed by atoms with Crippen molar-refractivity contribution in [2.24, 2.45) is 21.0 Å². The molecule has 138 valence electrons. The molecule has 3 aliphatic rings. The Hall–Kier alpha value is -2.83. The molecular formula is C20H23N6O+. The summed E-state index contributed by atoms with van der Waals surface area (Å²) in [5.41, 5.74) is 4.32. The largest absolute Gasteiger partial charge is 0.490 e. The molecular weight excluding hydrogens is 340 g/mol. The molecule has 0 bridgehead atoms. The molecule has 3 unspecified atom stereocenters. The number of hydrogen-bond donors (Lipinski definition) is 0. The van der Waals surface area contributed by atoms with E-state index in [0.29, 0.717) is 18.4 Å². The topological polar surface area (TPSA) is 66.6 Å². The highest BCUT2D eigenvalue weighted by Gasteiger charge is 2.49. The van der Waals surface area contributed by atoms with Gasteiger partial charge in [0, 0.05) is 36.2 Å². The molecule has 0 N–H and O–H groups in total. The zero-order chi connectivity index (χ0) is 18.7. The van der Waals surface area contributed by atoms with Gasteiger partial charge >= 0.3 is 5.84 Å². The lowest BCUT2D eigenvalue weighted by Crippen LogP contribution is -2.28. The number of azo groups is 2. The van der Waals surface area contributed by atoms with Gasteiger partial charge in [0.05, 0.1) is 12.3 Å². The zero-order valence-corrected chi connectivity index (χ0v) is 16.0. The Morgan fingerprint density at radius 2 is 2.11 bits per heavy atom. The molecule has 0 radical (unpaired) electrons. The van der Waals surface area contributed by atoms with Crippen LogP contribution in [0.15, 0.2) is 45.2 Å². The van der Waals surface area contributed by atoms with Crippen LogP contribution in [0.1, 0.15) is 44.5 Å². The van der Waals surface area contributed by atoms with Crippen molar-refractivity contribution >= 4 is 17.3 Å². The summed E-state index contributed by atoms with van der Waals surface area (Å²) in [5, 5.41) is 4.76. The number of ether oxygens (including phenoxy) is 1. The molecule has 5 rings (SSSR count). The van der Waals surface area contributed by atoms with E-state index in [2.05, 4.69) is 23.2 Å². The van der Waals surface area contributed by atoms with E-state index in [1.54, 1.807) is 0 Å². The number of imidazole rings is 1. The van der Waals surface area contributed by atoms with Crippen LogP contribution in [0.3, 0.4) is 0 Å². The minimum absolute atomic E-state index is 0.0227. The molecule has 27 heavy (non-hydrogen) atoms. The van der Waals surface area contributed by atoms with E-state index >= 15 is 0 Å². The van der Waals surface area contributed by atoms with E-state index in [4.69, 9.17) is 19.8 Å². The standard InChI is InChI=1S/C20H23N6O/c1-5-27-16-7-6-8-25-12(3)17(22-20(16)25)14-9-15(14)18-23-19-11(2)10-21-13(4)26(19)24-18/h6-8,10,14-15,19H,5,9H2,1-4H3/q+1. The number of hydrogen-bond acceptors (Lipinski definition) is 5. The van der Waals surface area contributed by atoms with Gasteiger partial charge in [-0.25, -0.2) is 9.98 Å². The van der Waals surface area contributed by atoms with Gasteiger partial charge in [0.2, 0.25) is 6.17 Å². The Kier molecular flexibility index (Phi) is 3.54. The lowest BCUT2D eigenvalue weighted by atomic mass is 10.2. The van der Waals surface area contributed by atoms with Gasteiger partial charge in [0.25, 0.3) is 0 Å².